The maximum Gasteiger partial charge on any atom is 0.235 e. The molecule has 2 saturated carbocycles. The highest BCUT2D eigenvalue weighted by molar-refractivity contribution is 6.32. The summed E-state index contributed by atoms with van der Waals surface area (Å²) < 4.78 is 7.47. The Morgan fingerprint density at radius 2 is 2.17 bits per heavy atom. The van der Waals surface area contributed by atoms with Gasteiger partial charge in [0.1, 0.15) is 11.3 Å². The van der Waals surface area contributed by atoms with Gasteiger partial charge in [0.05, 0.1) is 5.41 Å². The minimum absolute atomic E-state index is 0.135. The lowest BCUT2D eigenvalue weighted by Crippen LogP contribution is -2.32. The number of imidazole rings is 1. The molecule has 7 heteroatoms. The van der Waals surface area contributed by atoms with Gasteiger partial charge in [0, 0.05) is 12.7 Å². The van der Waals surface area contributed by atoms with Crippen molar-refractivity contribution in [2.45, 2.75) is 31.1 Å². The van der Waals surface area contributed by atoms with E-state index in [2.05, 4.69) is 15.1 Å². The van der Waals surface area contributed by atoms with Crippen LogP contribution in [0.5, 0.6) is 0 Å². The summed E-state index contributed by atoms with van der Waals surface area (Å²) in [4.78, 5) is 8.98. The van der Waals surface area contributed by atoms with Crippen molar-refractivity contribution in [1.29, 1.82) is 0 Å². The molecule has 0 saturated heterocycles. The van der Waals surface area contributed by atoms with Crippen LogP contribution in [0.1, 0.15) is 31.6 Å². The molecule has 3 heterocycles. The summed E-state index contributed by atoms with van der Waals surface area (Å²) in [5, 5.41) is 4.54. The number of rotatable bonds is 3. The smallest absolute Gasteiger partial charge is 0.235 e. The third kappa shape index (κ3) is 1.60. The number of halogens is 1. The molecule has 118 valence electrons. The van der Waals surface area contributed by atoms with E-state index in [9.17, 15) is 0 Å². The van der Waals surface area contributed by atoms with E-state index in [-0.39, 0.29) is 5.41 Å². The van der Waals surface area contributed by atoms with Crippen molar-refractivity contribution in [1.82, 2.24) is 19.5 Å². The van der Waals surface area contributed by atoms with Gasteiger partial charge in [0.2, 0.25) is 11.7 Å². The second kappa shape index (κ2) is 4.33. The van der Waals surface area contributed by atoms with Gasteiger partial charge in [-0.1, -0.05) is 29.2 Å². The quantitative estimate of drug-likeness (QED) is 0.799. The lowest BCUT2D eigenvalue weighted by molar-refractivity contribution is 0.214. The lowest BCUT2D eigenvalue weighted by Gasteiger charge is -2.30. The number of fused-ring (bicyclic) bond motifs is 1. The molecule has 3 aromatic heterocycles. The van der Waals surface area contributed by atoms with E-state index in [1.165, 1.54) is 19.3 Å². The molecule has 0 aromatic carbocycles. The molecule has 2 fully saturated rings. The molecule has 6 nitrogen and oxygen atoms in total. The van der Waals surface area contributed by atoms with Crippen molar-refractivity contribution < 1.29 is 4.52 Å². The summed E-state index contributed by atoms with van der Waals surface area (Å²) in [6.45, 7) is 0.551. The standard InChI is InChI=1S/C16H16ClN5O/c17-12-11(22-7-2-1-4-10(22)19-12)13-20-14(23-21-13)16(9-18)8-15(16)5-3-6-15/h1-2,4,7H,3,5-6,8-9,18H2. The van der Waals surface area contributed by atoms with Crippen LogP contribution in [0, 0.1) is 5.41 Å². The highest BCUT2D eigenvalue weighted by Gasteiger charge is 2.72. The second-order valence-corrected chi connectivity index (χ2v) is 7.06. The Kier molecular flexibility index (Phi) is 2.54. The topological polar surface area (TPSA) is 82.2 Å². The number of nitrogens with zero attached hydrogens (tertiary/aromatic N) is 4. The zero-order chi connectivity index (χ0) is 15.7. The molecule has 2 N–H and O–H groups in total. The Morgan fingerprint density at radius 3 is 2.87 bits per heavy atom. The van der Waals surface area contributed by atoms with Crippen LogP contribution in [0.3, 0.4) is 0 Å². The van der Waals surface area contributed by atoms with E-state index in [1.807, 2.05) is 28.8 Å². The summed E-state index contributed by atoms with van der Waals surface area (Å²) in [5.74, 6) is 1.12. The van der Waals surface area contributed by atoms with Crippen LogP contribution in [-0.4, -0.2) is 26.1 Å². The molecule has 1 spiro atoms. The van der Waals surface area contributed by atoms with Crippen LogP contribution in [0.15, 0.2) is 28.9 Å². The van der Waals surface area contributed by atoms with Crippen LogP contribution in [0.2, 0.25) is 5.15 Å². The Morgan fingerprint density at radius 1 is 1.30 bits per heavy atom. The fraction of sp³-hybridized carbons (Fsp3) is 0.438. The van der Waals surface area contributed by atoms with E-state index in [1.54, 1.807) is 0 Å². The summed E-state index contributed by atoms with van der Waals surface area (Å²) in [6.07, 6.45) is 6.63. The normalized spacial score (nSPS) is 25.0. The first-order valence-electron chi connectivity index (χ1n) is 7.86. The molecule has 3 aromatic rings. The first-order chi connectivity index (χ1) is 11.2. The zero-order valence-electron chi connectivity index (χ0n) is 12.5. The minimum Gasteiger partial charge on any atom is -0.338 e. The van der Waals surface area contributed by atoms with Crippen molar-refractivity contribution in [3.8, 4) is 11.5 Å². The van der Waals surface area contributed by atoms with Crippen molar-refractivity contribution >= 4 is 17.2 Å². The van der Waals surface area contributed by atoms with Crippen molar-refractivity contribution in [2.24, 2.45) is 11.1 Å². The fourth-order valence-electron chi connectivity index (χ4n) is 4.15. The average molecular weight is 330 g/mol. The third-order valence-corrected chi connectivity index (χ3v) is 5.99. The molecule has 0 radical (unpaired) electrons. The molecular formula is C16H16ClN5O. The van der Waals surface area contributed by atoms with Crippen LogP contribution in [0.25, 0.3) is 17.2 Å². The Bertz CT molecular complexity index is 912. The van der Waals surface area contributed by atoms with Crippen molar-refractivity contribution in [3.05, 3.63) is 35.4 Å². The van der Waals surface area contributed by atoms with Gasteiger partial charge in [-0.15, -0.1) is 0 Å². The molecule has 0 aliphatic heterocycles. The predicted octanol–water partition coefficient (Wildman–Crippen LogP) is 2.81. The first kappa shape index (κ1) is 13.5. The van der Waals surface area contributed by atoms with Crippen LogP contribution in [-0.2, 0) is 5.41 Å². The molecule has 0 bridgehead atoms. The molecule has 2 aliphatic carbocycles. The lowest BCUT2D eigenvalue weighted by atomic mass is 9.75. The Balaban J connectivity index is 1.61. The van der Waals surface area contributed by atoms with Gasteiger partial charge in [-0.05, 0) is 36.8 Å². The van der Waals surface area contributed by atoms with Crippen molar-refractivity contribution in [3.63, 3.8) is 0 Å². The molecule has 1 unspecified atom stereocenters. The number of nitrogens with two attached hydrogens (primary N) is 1. The Labute approximate surface area is 137 Å². The van der Waals surface area contributed by atoms with E-state index >= 15 is 0 Å². The van der Waals surface area contributed by atoms with E-state index in [0.29, 0.717) is 34.5 Å². The number of pyridine rings is 1. The number of aromatic nitrogens is 4. The third-order valence-electron chi connectivity index (χ3n) is 5.72. The Hall–Kier alpha value is -1.92. The van der Waals surface area contributed by atoms with Gasteiger partial charge in [-0.25, -0.2) is 4.98 Å². The summed E-state index contributed by atoms with van der Waals surface area (Å²) in [5.41, 5.74) is 7.65. The van der Waals surface area contributed by atoms with Gasteiger partial charge < -0.3 is 10.3 Å². The van der Waals surface area contributed by atoms with E-state index in [0.717, 1.165) is 12.1 Å². The number of hydrogen-bond donors (Lipinski definition) is 1. The largest absolute Gasteiger partial charge is 0.338 e. The predicted molar refractivity (Wildman–Crippen MR) is 85.1 cm³/mol. The number of hydrogen-bond acceptors (Lipinski definition) is 5. The molecule has 23 heavy (non-hydrogen) atoms. The van der Waals surface area contributed by atoms with Crippen LogP contribution < -0.4 is 5.73 Å². The van der Waals surface area contributed by atoms with Gasteiger partial charge >= 0.3 is 0 Å². The summed E-state index contributed by atoms with van der Waals surface area (Å²) >= 11 is 6.29. The minimum atomic E-state index is -0.135. The maximum absolute atomic E-state index is 6.29. The second-order valence-electron chi connectivity index (χ2n) is 6.70. The van der Waals surface area contributed by atoms with Crippen LogP contribution in [0.4, 0.5) is 0 Å². The van der Waals surface area contributed by atoms with Crippen molar-refractivity contribution in [2.75, 3.05) is 6.54 Å². The molecule has 2 aliphatic rings. The highest BCUT2D eigenvalue weighted by atomic mass is 35.5. The van der Waals surface area contributed by atoms with Gasteiger partial charge in [-0.2, -0.15) is 4.98 Å². The maximum atomic E-state index is 6.29. The van der Waals surface area contributed by atoms with Gasteiger partial charge in [-0.3, -0.25) is 4.40 Å². The summed E-state index contributed by atoms with van der Waals surface area (Å²) in [7, 11) is 0. The fourth-order valence-corrected chi connectivity index (χ4v) is 4.41. The highest BCUT2D eigenvalue weighted by Crippen LogP contribution is 2.73. The summed E-state index contributed by atoms with van der Waals surface area (Å²) in [6, 6.07) is 5.72. The molecular weight excluding hydrogens is 314 g/mol. The van der Waals surface area contributed by atoms with Gasteiger partial charge in [0.25, 0.3) is 0 Å². The zero-order valence-corrected chi connectivity index (χ0v) is 13.3. The average Bonchev–Trinajstić information content (AvgIpc) is 2.81. The molecule has 5 rings (SSSR count). The molecule has 1 atom stereocenters. The SMILES string of the molecule is NCC1(c2nc(-c3c(Cl)nc4ccccn34)no2)CC12CCC2. The van der Waals surface area contributed by atoms with Crippen LogP contribution >= 0.6 is 11.6 Å². The van der Waals surface area contributed by atoms with Gasteiger partial charge in [0.15, 0.2) is 5.15 Å². The molecule has 0 amide bonds. The van der Waals surface area contributed by atoms with E-state index < -0.39 is 0 Å². The first-order valence-corrected chi connectivity index (χ1v) is 8.24. The monoisotopic (exact) mass is 329 g/mol. The van der Waals surface area contributed by atoms with E-state index in [4.69, 9.17) is 21.9 Å².